The Bertz CT molecular complexity index is 461. The standard InChI is InChI=1S/C15H21FN2O2/c1-10(2)14(17)15(19)18-7-8-20-13(9-18)11-3-5-12(16)6-4-11/h3-6,10,13-14H,7-9,17H2,1-2H3/t13?,14-/m0/s1. The van der Waals surface area contributed by atoms with Crippen LogP contribution in [0.4, 0.5) is 4.39 Å². The van der Waals surface area contributed by atoms with Crippen molar-refractivity contribution in [2.45, 2.75) is 26.0 Å². The highest BCUT2D eigenvalue weighted by atomic mass is 19.1. The van der Waals surface area contributed by atoms with Gasteiger partial charge >= 0.3 is 0 Å². The summed E-state index contributed by atoms with van der Waals surface area (Å²) in [5, 5.41) is 0. The molecule has 5 heteroatoms. The minimum atomic E-state index is -0.484. The van der Waals surface area contributed by atoms with Gasteiger partial charge in [0.25, 0.3) is 0 Å². The molecule has 0 spiro atoms. The number of halogens is 1. The van der Waals surface area contributed by atoms with Crippen molar-refractivity contribution in [3.8, 4) is 0 Å². The zero-order valence-electron chi connectivity index (χ0n) is 11.9. The number of hydrogen-bond donors (Lipinski definition) is 1. The fourth-order valence-corrected chi connectivity index (χ4v) is 2.22. The Morgan fingerprint density at radius 2 is 2.05 bits per heavy atom. The van der Waals surface area contributed by atoms with Gasteiger partial charge in [0, 0.05) is 6.54 Å². The maximum absolute atomic E-state index is 12.9. The summed E-state index contributed by atoms with van der Waals surface area (Å²) in [6.07, 6.45) is -0.215. The van der Waals surface area contributed by atoms with Gasteiger partial charge in [-0.2, -0.15) is 0 Å². The maximum Gasteiger partial charge on any atom is 0.239 e. The highest BCUT2D eigenvalue weighted by Crippen LogP contribution is 2.23. The fraction of sp³-hybridized carbons (Fsp3) is 0.533. The van der Waals surface area contributed by atoms with Gasteiger partial charge in [0.05, 0.1) is 19.2 Å². The molecule has 2 atom stereocenters. The van der Waals surface area contributed by atoms with Gasteiger partial charge in [-0.1, -0.05) is 26.0 Å². The van der Waals surface area contributed by atoms with Crippen LogP contribution < -0.4 is 5.73 Å². The Morgan fingerprint density at radius 3 is 2.65 bits per heavy atom. The smallest absolute Gasteiger partial charge is 0.239 e. The lowest BCUT2D eigenvalue weighted by atomic mass is 10.0. The van der Waals surface area contributed by atoms with E-state index in [4.69, 9.17) is 10.5 Å². The Morgan fingerprint density at radius 1 is 1.40 bits per heavy atom. The average Bonchev–Trinajstić information content (AvgIpc) is 2.46. The quantitative estimate of drug-likeness (QED) is 0.917. The first kappa shape index (κ1) is 14.9. The van der Waals surface area contributed by atoms with E-state index >= 15 is 0 Å². The molecule has 1 aliphatic heterocycles. The number of benzene rings is 1. The van der Waals surface area contributed by atoms with E-state index in [1.165, 1.54) is 12.1 Å². The third kappa shape index (κ3) is 3.35. The maximum atomic E-state index is 12.9. The van der Waals surface area contributed by atoms with Crippen LogP contribution in [-0.4, -0.2) is 36.5 Å². The topological polar surface area (TPSA) is 55.6 Å². The Hall–Kier alpha value is -1.46. The fourth-order valence-electron chi connectivity index (χ4n) is 2.22. The number of hydrogen-bond acceptors (Lipinski definition) is 3. The summed E-state index contributed by atoms with van der Waals surface area (Å²) in [6.45, 7) is 5.35. The first-order chi connectivity index (χ1) is 9.49. The molecule has 4 nitrogen and oxygen atoms in total. The molecule has 110 valence electrons. The predicted octanol–water partition coefficient (Wildman–Crippen LogP) is 1.71. The molecule has 1 aromatic carbocycles. The highest BCUT2D eigenvalue weighted by Gasteiger charge is 2.29. The molecule has 0 aromatic heterocycles. The van der Waals surface area contributed by atoms with Gasteiger partial charge in [-0.15, -0.1) is 0 Å². The number of carbonyl (C=O) groups is 1. The van der Waals surface area contributed by atoms with Crippen molar-refractivity contribution < 1.29 is 13.9 Å². The van der Waals surface area contributed by atoms with Crippen molar-refractivity contribution in [1.29, 1.82) is 0 Å². The molecule has 1 unspecified atom stereocenters. The molecule has 2 N–H and O–H groups in total. The second kappa shape index (κ2) is 6.33. The molecule has 0 saturated carbocycles. The summed E-state index contributed by atoms with van der Waals surface area (Å²) in [5.74, 6) is -0.218. The van der Waals surface area contributed by atoms with Gasteiger partial charge in [0.15, 0.2) is 0 Å². The van der Waals surface area contributed by atoms with Crippen LogP contribution in [0.2, 0.25) is 0 Å². The van der Waals surface area contributed by atoms with Crippen molar-refractivity contribution in [3.05, 3.63) is 35.6 Å². The monoisotopic (exact) mass is 280 g/mol. The lowest BCUT2D eigenvalue weighted by molar-refractivity contribution is -0.141. The highest BCUT2D eigenvalue weighted by molar-refractivity contribution is 5.82. The number of rotatable bonds is 3. The summed E-state index contributed by atoms with van der Waals surface area (Å²) in [4.78, 5) is 14.0. The Kier molecular flexibility index (Phi) is 4.73. The van der Waals surface area contributed by atoms with Crippen LogP contribution in [-0.2, 0) is 9.53 Å². The van der Waals surface area contributed by atoms with E-state index in [9.17, 15) is 9.18 Å². The van der Waals surface area contributed by atoms with E-state index in [1.807, 2.05) is 13.8 Å². The second-order valence-corrected chi connectivity index (χ2v) is 5.47. The Balaban J connectivity index is 2.05. The van der Waals surface area contributed by atoms with Crippen molar-refractivity contribution in [2.75, 3.05) is 19.7 Å². The number of carbonyl (C=O) groups excluding carboxylic acids is 1. The molecule has 1 fully saturated rings. The molecule has 0 bridgehead atoms. The molecule has 1 heterocycles. The first-order valence-corrected chi connectivity index (χ1v) is 6.90. The van der Waals surface area contributed by atoms with E-state index in [1.54, 1.807) is 17.0 Å². The molecule has 2 rings (SSSR count). The largest absolute Gasteiger partial charge is 0.370 e. The summed E-state index contributed by atoms with van der Waals surface area (Å²) in [5.41, 5.74) is 6.79. The van der Waals surface area contributed by atoms with Crippen LogP contribution in [0.5, 0.6) is 0 Å². The zero-order chi connectivity index (χ0) is 14.7. The Labute approximate surface area is 118 Å². The summed E-state index contributed by atoms with van der Waals surface area (Å²) in [6, 6.07) is 5.70. The van der Waals surface area contributed by atoms with Crippen LogP contribution >= 0.6 is 0 Å². The lowest BCUT2D eigenvalue weighted by Crippen LogP contribution is -2.51. The van der Waals surface area contributed by atoms with Crippen molar-refractivity contribution in [3.63, 3.8) is 0 Å². The van der Waals surface area contributed by atoms with Crippen LogP contribution in [0, 0.1) is 11.7 Å². The van der Waals surface area contributed by atoms with Gasteiger partial charge < -0.3 is 15.4 Å². The van der Waals surface area contributed by atoms with E-state index < -0.39 is 6.04 Å². The summed E-state index contributed by atoms with van der Waals surface area (Å²) < 4.78 is 18.6. The molecular formula is C15H21FN2O2. The molecular weight excluding hydrogens is 259 g/mol. The molecule has 20 heavy (non-hydrogen) atoms. The third-order valence-electron chi connectivity index (χ3n) is 3.62. The minimum absolute atomic E-state index is 0.0459. The molecule has 0 radical (unpaired) electrons. The number of amides is 1. The van der Waals surface area contributed by atoms with Gasteiger partial charge in [-0.05, 0) is 23.6 Å². The third-order valence-corrected chi connectivity index (χ3v) is 3.62. The summed E-state index contributed by atoms with van der Waals surface area (Å²) >= 11 is 0. The van der Waals surface area contributed by atoms with Crippen molar-refractivity contribution in [1.82, 2.24) is 4.90 Å². The number of morpholine rings is 1. The van der Waals surface area contributed by atoms with Crippen LogP contribution in [0.3, 0.4) is 0 Å². The van der Waals surface area contributed by atoms with Gasteiger partial charge in [-0.25, -0.2) is 4.39 Å². The van der Waals surface area contributed by atoms with E-state index in [0.717, 1.165) is 5.56 Å². The van der Waals surface area contributed by atoms with E-state index in [-0.39, 0.29) is 23.7 Å². The van der Waals surface area contributed by atoms with Gasteiger partial charge in [-0.3, -0.25) is 4.79 Å². The lowest BCUT2D eigenvalue weighted by Gasteiger charge is -2.35. The van der Waals surface area contributed by atoms with E-state index in [2.05, 4.69) is 0 Å². The molecule has 1 amide bonds. The SMILES string of the molecule is CC(C)[C@H](N)C(=O)N1CCOC(c2ccc(F)cc2)C1. The van der Waals surface area contributed by atoms with E-state index in [0.29, 0.717) is 19.7 Å². The zero-order valence-corrected chi connectivity index (χ0v) is 11.9. The van der Waals surface area contributed by atoms with Crippen LogP contribution in [0.1, 0.15) is 25.5 Å². The molecule has 1 aromatic rings. The van der Waals surface area contributed by atoms with Crippen molar-refractivity contribution in [2.24, 2.45) is 11.7 Å². The number of ether oxygens (including phenoxy) is 1. The van der Waals surface area contributed by atoms with Gasteiger partial charge in [0.2, 0.25) is 5.91 Å². The van der Waals surface area contributed by atoms with Crippen molar-refractivity contribution >= 4 is 5.91 Å². The minimum Gasteiger partial charge on any atom is -0.370 e. The second-order valence-electron chi connectivity index (χ2n) is 5.47. The molecule has 1 aliphatic rings. The van der Waals surface area contributed by atoms with Crippen LogP contribution in [0.15, 0.2) is 24.3 Å². The summed E-state index contributed by atoms with van der Waals surface area (Å²) in [7, 11) is 0. The number of nitrogens with two attached hydrogens (primary N) is 1. The number of nitrogens with zero attached hydrogens (tertiary/aromatic N) is 1. The van der Waals surface area contributed by atoms with Crippen LogP contribution in [0.25, 0.3) is 0 Å². The first-order valence-electron chi connectivity index (χ1n) is 6.90. The molecule has 0 aliphatic carbocycles. The average molecular weight is 280 g/mol. The predicted molar refractivity (Wildman–Crippen MR) is 74.5 cm³/mol. The normalized spacial score (nSPS) is 21.1. The molecule has 1 saturated heterocycles. The van der Waals surface area contributed by atoms with Gasteiger partial charge in [0.1, 0.15) is 11.9 Å².